The Balaban J connectivity index is 1.59. The number of nitrogens with zero attached hydrogens (tertiary/aromatic N) is 4. The zero-order valence-corrected chi connectivity index (χ0v) is 23.1. The monoisotopic (exact) mass is 584 g/mol. The smallest absolute Gasteiger partial charge is 0.368 e. The Morgan fingerprint density at radius 2 is 1.68 bits per heavy atom. The minimum Gasteiger partial charge on any atom is -0.368 e. The van der Waals surface area contributed by atoms with Crippen molar-refractivity contribution in [2.24, 2.45) is 5.73 Å². The van der Waals surface area contributed by atoms with Gasteiger partial charge in [-0.3, -0.25) is 9.59 Å². The lowest BCUT2D eigenvalue weighted by Crippen LogP contribution is -2.62. The summed E-state index contributed by atoms with van der Waals surface area (Å²) in [5, 5.41) is 7.65. The third kappa shape index (κ3) is 5.39. The van der Waals surface area contributed by atoms with Crippen LogP contribution in [0.5, 0.6) is 0 Å². The average molecular weight is 585 g/mol. The van der Waals surface area contributed by atoms with Crippen molar-refractivity contribution in [2.75, 3.05) is 13.1 Å². The predicted octanol–water partition coefficient (Wildman–Crippen LogP) is 5.19. The molecular weight excluding hydrogens is 557 g/mol. The van der Waals surface area contributed by atoms with Gasteiger partial charge >= 0.3 is 6.18 Å². The normalized spacial score (nSPS) is 15.8. The molecule has 0 radical (unpaired) electrons. The van der Waals surface area contributed by atoms with Gasteiger partial charge in [-0.15, -0.1) is 0 Å². The summed E-state index contributed by atoms with van der Waals surface area (Å²) >= 11 is 6.48. The molecule has 2 amide bonds. The SMILES string of the molecule is CC(C)N1CCC(NC(=O)c2cnn3c(-c4ccc(C(F)(F)F)cc4)c(-c4ccccc4Cl)cnc23)(C(N)=O)CC1. The molecule has 2 aromatic carbocycles. The fourth-order valence-corrected chi connectivity index (χ4v) is 5.44. The molecule has 2 aromatic heterocycles. The molecule has 0 saturated carbocycles. The number of likely N-dealkylation sites (tertiary alicyclic amines) is 1. The van der Waals surface area contributed by atoms with Crippen LogP contribution in [0.25, 0.3) is 28.0 Å². The van der Waals surface area contributed by atoms with E-state index < -0.39 is 29.1 Å². The molecule has 0 spiro atoms. The molecule has 1 fully saturated rings. The number of piperidine rings is 1. The number of rotatable bonds is 6. The van der Waals surface area contributed by atoms with Crippen LogP contribution in [0.1, 0.15) is 42.6 Å². The summed E-state index contributed by atoms with van der Waals surface area (Å²) < 4.78 is 41.2. The van der Waals surface area contributed by atoms with Crippen molar-refractivity contribution < 1.29 is 22.8 Å². The Morgan fingerprint density at radius 1 is 1.02 bits per heavy atom. The summed E-state index contributed by atoms with van der Waals surface area (Å²) in [5.74, 6) is -1.20. The van der Waals surface area contributed by atoms with Gasteiger partial charge in [-0.2, -0.15) is 18.3 Å². The van der Waals surface area contributed by atoms with Crippen LogP contribution in [0.2, 0.25) is 5.02 Å². The molecule has 0 bridgehead atoms. The molecule has 0 aliphatic carbocycles. The number of carbonyl (C=O) groups excluding carboxylic acids is 2. The number of carbonyl (C=O) groups is 2. The molecule has 41 heavy (non-hydrogen) atoms. The van der Waals surface area contributed by atoms with Crippen molar-refractivity contribution in [1.29, 1.82) is 0 Å². The third-order valence-electron chi connectivity index (χ3n) is 7.63. The van der Waals surface area contributed by atoms with E-state index in [4.69, 9.17) is 17.3 Å². The maximum Gasteiger partial charge on any atom is 0.416 e. The molecule has 0 unspecified atom stereocenters. The van der Waals surface area contributed by atoms with Crippen LogP contribution in [0.4, 0.5) is 13.2 Å². The van der Waals surface area contributed by atoms with Gasteiger partial charge in [0.25, 0.3) is 5.91 Å². The number of fused-ring (bicyclic) bond motifs is 1. The number of primary amides is 1. The number of alkyl halides is 3. The Hall–Kier alpha value is -3.96. The van der Waals surface area contributed by atoms with Crippen LogP contribution in [0.3, 0.4) is 0 Å². The van der Waals surface area contributed by atoms with E-state index >= 15 is 0 Å². The summed E-state index contributed by atoms with van der Waals surface area (Å²) in [5.41, 5.74) is 5.90. The van der Waals surface area contributed by atoms with Crippen molar-refractivity contribution in [3.63, 3.8) is 0 Å². The van der Waals surface area contributed by atoms with Gasteiger partial charge in [0.15, 0.2) is 5.65 Å². The summed E-state index contributed by atoms with van der Waals surface area (Å²) in [6.07, 6.45) is -0.971. The van der Waals surface area contributed by atoms with Crippen molar-refractivity contribution >= 4 is 29.1 Å². The Labute approximate surface area is 239 Å². The predicted molar refractivity (Wildman–Crippen MR) is 149 cm³/mol. The quantitative estimate of drug-likeness (QED) is 0.324. The van der Waals surface area contributed by atoms with Crippen molar-refractivity contribution in [3.8, 4) is 22.4 Å². The van der Waals surface area contributed by atoms with Gasteiger partial charge in [0, 0.05) is 47.0 Å². The number of hydrogen-bond donors (Lipinski definition) is 2. The van der Waals surface area contributed by atoms with Crippen LogP contribution in [0, 0.1) is 0 Å². The Bertz CT molecular complexity index is 1610. The van der Waals surface area contributed by atoms with Crippen molar-refractivity contribution in [1.82, 2.24) is 24.8 Å². The van der Waals surface area contributed by atoms with E-state index in [9.17, 15) is 22.8 Å². The van der Waals surface area contributed by atoms with Gasteiger partial charge < -0.3 is 16.0 Å². The minimum absolute atomic E-state index is 0.0933. The molecule has 214 valence electrons. The lowest BCUT2D eigenvalue weighted by Gasteiger charge is -2.41. The van der Waals surface area contributed by atoms with Crippen molar-refractivity contribution in [3.05, 3.63) is 77.1 Å². The van der Waals surface area contributed by atoms with E-state index in [1.165, 1.54) is 29.0 Å². The maximum absolute atomic E-state index is 13.6. The average Bonchev–Trinajstić information content (AvgIpc) is 3.37. The largest absolute Gasteiger partial charge is 0.416 e. The molecule has 4 aromatic rings. The number of hydrogen-bond acceptors (Lipinski definition) is 5. The summed E-state index contributed by atoms with van der Waals surface area (Å²) in [6, 6.07) is 11.9. The molecule has 3 heterocycles. The van der Waals surface area contributed by atoms with Gasteiger partial charge in [0.1, 0.15) is 11.1 Å². The fourth-order valence-electron chi connectivity index (χ4n) is 5.20. The van der Waals surface area contributed by atoms with Crippen LogP contribution < -0.4 is 11.1 Å². The van der Waals surface area contributed by atoms with E-state index in [2.05, 4.69) is 34.1 Å². The summed E-state index contributed by atoms with van der Waals surface area (Å²) in [4.78, 5) is 32.8. The van der Waals surface area contributed by atoms with E-state index in [0.29, 0.717) is 53.3 Å². The summed E-state index contributed by atoms with van der Waals surface area (Å²) in [6.45, 7) is 5.30. The second-order valence-electron chi connectivity index (χ2n) is 10.4. The highest BCUT2D eigenvalue weighted by Crippen LogP contribution is 2.38. The first-order valence-electron chi connectivity index (χ1n) is 13.1. The maximum atomic E-state index is 13.6. The zero-order chi connectivity index (χ0) is 29.5. The van der Waals surface area contributed by atoms with Gasteiger partial charge in [-0.1, -0.05) is 41.9 Å². The highest BCUT2D eigenvalue weighted by Gasteiger charge is 2.42. The van der Waals surface area contributed by atoms with Crippen LogP contribution >= 0.6 is 11.6 Å². The standard InChI is InChI=1S/C29H28ClF3N6O2/c1-17(2)38-13-11-28(12-14-38,27(34)41)37-26(40)22-16-36-39-24(18-7-9-19(10-8-18)29(31,32)33)21(15-35-25(22)39)20-5-3-4-6-23(20)30/h3-10,15-17H,11-14H2,1-2H3,(H2,34,41)(H,37,40). The van der Waals surface area contributed by atoms with Gasteiger partial charge in [-0.05, 0) is 44.9 Å². The number of benzene rings is 2. The Morgan fingerprint density at radius 3 is 2.27 bits per heavy atom. The van der Waals surface area contributed by atoms with Gasteiger partial charge in [0.2, 0.25) is 5.91 Å². The van der Waals surface area contributed by atoms with Gasteiger partial charge in [0.05, 0.1) is 17.5 Å². The number of nitrogens with one attached hydrogen (secondary N) is 1. The van der Waals surface area contributed by atoms with E-state index in [1.54, 1.807) is 24.3 Å². The van der Waals surface area contributed by atoms with Crippen molar-refractivity contribution in [2.45, 2.75) is 44.4 Å². The number of aromatic nitrogens is 3. The van der Waals surface area contributed by atoms with E-state index in [-0.39, 0.29) is 17.3 Å². The number of nitrogens with two attached hydrogens (primary N) is 1. The minimum atomic E-state index is -4.50. The molecule has 5 rings (SSSR count). The van der Waals surface area contributed by atoms with Gasteiger partial charge in [-0.25, -0.2) is 9.50 Å². The third-order valence-corrected chi connectivity index (χ3v) is 7.96. The highest BCUT2D eigenvalue weighted by atomic mass is 35.5. The van der Waals surface area contributed by atoms with E-state index in [1.807, 2.05) is 0 Å². The second-order valence-corrected chi connectivity index (χ2v) is 10.8. The molecular formula is C29H28ClF3N6O2. The molecule has 0 atom stereocenters. The first-order chi connectivity index (χ1) is 19.4. The molecule has 8 nitrogen and oxygen atoms in total. The van der Waals surface area contributed by atoms with E-state index in [0.717, 1.165) is 12.1 Å². The zero-order valence-electron chi connectivity index (χ0n) is 22.4. The number of halogens is 4. The Kier molecular flexibility index (Phi) is 7.52. The topological polar surface area (TPSA) is 106 Å². The molecule has 12 heteroatoms. The lowest BCUT2D eigenvalue weighted by molar-refractivity contribution is -0.137. The first-order valence-corrected chi connectivity index (χ1v) is 13.4. The number of amides is 2. The lowest BCUT2D eigenvalue weighted by atomic mass is 9.86. The highest BCUT2D eigenvalue weighted by molar-refractivity contribution is 6.33. The second kappa shape index (κ2) is 10.8. The first kappa shape index (κ1) is 28.6. The summed E-state index contributed by atoms with van der Waals surface area (Å²) in [7, 11) is 0. The van der Waals surface area contributed by atoms with Crippen LogP contribution in [-0.2, 0) is 11.0 Å². The molecule has 1 aliphatic rings. The molecule has 1 aliphatic heterocycles. The fraction of sp³-hybridized carbons (Fsp3) is 0.310. The van der Waals surface area contributed by atoms with Crippen LogP contribution in [0.15, 0.2) is 60.9 Å². The molecule has 3 N–H and O–H groups in total. The van der Waals surface area contributed by atoms with Crippen LogP contribution in [-0.4, -0.2) is 56.0 Å². The molecule has 1 saturated heterocycles.